The van der Waals surface area contributed by atoms with Gasteiger partial charge in [-0.1, -0.05) is 37.3 Å². The van der Waals surface area contributed by atoms with Crippen molar-refractivity contribution in [1.82, 2.24) is 5.32 Å². The number of nitrogens with two attached hydrogens (primary N) is 2. The van der Waals surface area contributed by atoms with Gasteiger partial charge in [-0.3, -0.25) is 9.59 Å². The quantitative estimate of drug-likeness (QED) is 0.533. The molecule has 0 fully saturated rings. The van der Waals surface area contributed by atoms with Crippen LogP contribution in [0.25, 0.3) is 0 Å². The molecule has 0 aliphatic carbocycles. The third-order valence-corrected chi connectivity index (χ3v) is 3.99. The van der Waals surface area contributed by atoms with Crippen molar-refractivity contribution in [2.24, 2.45) is 11.5 Å². The van der Waals surface area contributed by atoms with Crippen LogP contribution in [0.3, 0.4) is 0 Å². The van der Waals surface area contributed by atoms with Gasteiger partial charge in [0.25, 0.3) is 0 Å². The molecule has 2 amide bonds. The third kappa shape index (κ3) is 6.38. The van der Waals surface area contributed by atoms with Crippen molar-refractivity contribution in [3.05, 3.63) is 35.9 Å². The zero-order valence-corrected chi connectivity index (χ0v) is 13.7. The Labute approximate surface area is 137 Å². The van der Waals surface area contributed by atoms with Crippen LogP contribution in [-0.2, 0) is 9.59 Å². The molecule has 0 saturated carbocycles. The monoisotopic (exact) mass is 321 g/mol. The van der Waals surface area contributed by atoms with Crippen molar-refractivity contribution in [3.63, 3.8) is 0 Å². The van der Waals surface area contributed by atoms with Gasteiger partial charge in [-0.25, -0.2) is 0 Å². The molecule has 1 aromatic rings. The number of aliphatic hydroxyl groups is 1. The minimum absolute atomic E-state index is 0.212. The van der Waals surface area contributed by atoms with E-state index < -0.39 is 30.0 Å². The SMILES string of the molecule is CC[C@@H](C[C@H](O)[C@@H](C)NC(=O)[C@@H](N)CC(N)=O)c1ccccc1. The molecule has 0 aliphatic rings. The fraction of sp³-hybridized carbons (Fsp3) is 0.529. The van der Waals surface area contributed by atoms with Crippen LogP contribution in [0.5, 0.6) is 0 Å². The zero-order chi connectivity index (χ0) is 17.4. The Kier molecular flexibility index (Phi) is 7.71. The van der Waals surface area contributed by atoms with Crippen molar-refractivity contribution >= 4 is 11.8 Å². The number of primary amides is 1. The highest BCUT2D eigenvalue weighted by atomic mass is 16.3. The Hall–Kier alpha value is -1.92. The highest BCUT2D eigenvalue weighted by molar-refractivity contribution is 5.87. The first-order valence-electron chi connectivity index (χ1n) is 7.92. The number of carbonyl (C=O) groups excluding carboxylic acids is 2. The molecule has 23 heavy (non-hydrogen) atoms. The first kappa shape index (κ1) is 19.1. The van der Waals surface area contributed by atoms with E-state index in [0.717, 1.165) is 12.0 Å². The van der Waals surface area contributed by atoms with E-state index in [2.05, 4.69) is 12.2 Å². The lowest BCUT2D eigenvalue weighted by Crippen LogP contribution is -2.49. The topological polar surface area (TPSA) is 118 Å². The lowest BCUT2D eigenvalue weighted by atomic mass is 9.89. The summed E-state index contributed by atoms with van der Waals surface area (Å²) in [5, 5.41) is 13.0. The van der Waals surface area contributed by atoms with Crippen molar-refractivity contribution in [3.8, 4) is 0 Å². The first-order chi connectivity index (χ1) is 10.8. The van der Waals surface area contributed by atoms with E-state index >= 15 is 0 Å². The minimum atomic E-state index is -0.988. The highest BCUT2D eigenvalue weighted by Crippen LogP contribution is 2.25. The summed E-state index contributed by atoms with van der Waals surface area (Å²) >= 11 is 0. The smallest absolute Gasteiger partial charge is 0.237 e. The molecule has 1 aromatic carbocycles. The maximum atomic E-state index is 11.9. The summed E-state index contributed by atoms with van der Waals surface area (Å²) in [6.45, 7) is 3.79. The molecule has 0 radical (unpaired) electrons. The van der Waals surface area contributed by atoms with Crippen molar-refractivity contribution in [2.75, 3.05) is 0 Å². The standard InChI is InChI=1S/C17H27N3O3/c1-3-12(13-7-5-4-6-8-13)9-15(21)11(2)20-17(23)14(18)10-16(19)22/h4-8,11-12,14-15,21H,3,9-10,18H2,1-2H3,(H2,19,22)(H,20,23)/t11-,12+,14+,15+/m1/s1. The average Bonchev–Trinajstić information content (AvgIpc) is 2.52. The van der Waals surface area contributed by atoms with E-state index in [4.69, 9.17) is 11.5 Å². The summed E-state index contributed by atoms with van der Waals surface area (Å²) in [6.07, 6.45) is 0.511. The summed E-state index contributed by atoms with van der Waals surface area (Å²) in [5.74, 6) is -0.899. The van der Waals surface area contributed by atoms with Crippen LogP contribution in [0, 0.1) is 0 Å². The largest absolute Gasteiger partial charge is 0.391 e. The Bertz CT molecular complexity index is 507. The molecule has 128 valence electrons. The van der Waals surface area contributed by atoms with Gasteiger partial charge in [-0.05, 0) is 31.2 Å². The first-order valence-corrected chi connectivity index (χ1v) is 7.92. The molecule has 6 N–H and O–H groups in total. The molecule has 0 unspecified atom stereocenters. The number of carbonyl (C=O) groups is 2. The summed E-state index contributed by atoms with van der Waals surface area (Å²) in [6, 6.07) is 8.52. The van der Waals surface area contributed by atoms with Gasteiger partial charge in [0.05, 0.1) is 24.6 Å². The number of nitrogens with one attached hydrogen (secondary N) is 1. The Morgan fingerprint density at radius 3 is 2.39 bits per heavy atom. The second-order valence-electron chi connectivity index (χ2n) is 5.89. The molecule has 4 atom stereocenters. The Morgan fingerprint density at radius 2 is 1.87 bits per heavy atom. The van der Waals surface area contributed by atoms with Gasteiger partial charge in [-0.2, -0.15) is 0 Å². The number of benzene rings is 1. The van der Waals surface area contributed by atoms with Gasteiger partial charge >= 0.3 is 0 Å². The van der Waals surface area contributed by atoms with Crippen molar-refractivity contribution in [2.45, 2.75) is 57.2 Å². The molecular formula is C17H27N3O3. The van der Waals surface area contributed by atoms with E-state index in [-0.39, 0.29) is 12.3 Å². The van der Waals surface area contributed by atoms with Crippen LogP contribution in [0.1, 0.15) is 44.6 Å². The molecule has 1 rings (SSSR count). The number of hydrogen-bond donors (Lipinski definition) is 4. The molecule has 0 heterocycles. The van der Waals surface area contributed by atoms with Gasteiger partial charge in [0.2, 0.25) is 11.8 Å². The molecule has 6 heteroatoms. The lowest BCUT2D eigenvalue weighted by Gasteiger charge is -2.25. The van der Waals surface area contributed by atoms with E-state index in [1.807, 2.05) is 30.3 Å². The minimum Gasteiger partial charge on any atom is -0.391 e. The third-order valence-electron chi connectivity index (χ3n) is 3.99. The second kappa shape index (κ2) is 9.27. The normalized spacial score (nSPS) is 16.2. The fourth-order valence-electron chi connectivity index (χ4n) is 2.50. The molecule has 0 aliphatic heterocycles. The summed E-state index contributed by atoms with van der Waals surface area (Å²) < 4.78 is 0. The van der Waals surface area contributed by atoms with Crippen molar-refractivity contribution in [1.29, 1.82) is 0 Å². The maximum absolute atomic E-state index is 11.9. The zero-order valence-electron chi connectivity index (χ0n) is 13.7. The molecule has 0 spiro atoms. The van der Waals surface area contributed by atoms with Crippen LogP contribution in [0.2, 0.25) is 0 Å². The van der Waals surface area contributed by atoms with Crippen LogP contribution in [0.4, 0.5) is 0 Å². The van der Waals surface area contributed by atoms with E-state index in [1.165, 1.54) is 0 Å². The summed E-state index contributed by atoms with van der Waals surface area (Å²) in [7, 11) is 0. The predicted molar refractivity (Wildman–Crippen MR) is 89.5 cm³/mol. The van der Waals surface area contributed by atoms with E-state index in [1.54, 1.807) is 6.92 Å². The van der Waals surface area contributed by atoms with Crippen LogP contribution in [-0.4, -0.2) is 35.1 Å². The summed E-state index contributed by atoms with van der Waals surface area (Å²) in [5.41, 5.74) is 11.8. The van der Waals surface area contributed by atoms with Crippen LogP contribution in [0.15, 0.2) is 30.3 Å². The van der Waals surface area contributed by atoms with E-state index in [9.17, 15) is 14.7 Å². The molecule has 0 bridgehead atoms. The Morgan fingerprint density at radius 1 is 1.26 bits per heavy atom. The summed E-state index contributed by atoms with van der Waals surface area (Å²) in [4.78, 5) is 22.7. The lowest BCUT2D eigenvalue weighted by molar-refractivity contribution is -0.127. The van der Waals surface area contributed by atoms with Gasteiger partial charge < -0.3 is 21.9 Å². The molecule has 0 saturated heterocycles. The highest BCUT2D eigenvalue weighted by Gasteiger charge is 2.24. The fourth-order valence-corrected chi connectivity index (χ4v) is 2.50. The average molecular weight is 321 g/mol. The number of amides is 2. The predicted octanol–water partition coefficient (Wildman–Crippen LogP) is 0.639. The maximum Gasteiger partial charge on any atom is 0.237 e. The molecule has 0 aromatic heterocycles. The van der Waals surface area contributed by atoms with Gasteiger partial charge in [0.1, 0.15) is 0 Å². The number of rotatable bonds is 9. The molecular weight excluding hydrogens is 294 g/mol. The van der Waals surface area contributed by atoms with Gasteiger partial charge in [0.15, 0.2) is 0 Å². The number of aliphatic hydroxyl groups excluding tert-OH is 1. The van der Waals surface area contributed by atoms with Gasteiger partial charge in [-0.15, -0.1) is 0 Å². The van der Waals surface area contributed by atoms with Crippen LogP contribution < -0.4 is 16.8 Å². The second-order valence-corrected chi connectivity index (χ2v) is 5.89. The number of hydrogen-bond acceptors (Lipinski definition) is 4. The Balaban J connectivity index is 2.57. The molecule has 6 nitrogen and oxygen atoms in total. The van der Waals surface area contributed by atoms with Gasteiger partial charge in [0, 0.05) is 0 Å². The van der Waals surface area contributed by atoms with E-state index in [0.29, 0.717) is 6.42 Å². The van der Waals surface area contributed by atoms with Crippen molar-refractivity contribution < 1.29 is 14.7 Å². The van der Waals surface area contributed by atoms with Crippen LogP contribution >= 0.6 is 0 Å².